The molecule has 0 atom stereocenters. The zero-order valence-electron chi connectivity index (χ0n) is 67.3. The van der Waals surface area contributed by atoms with Gasteiger partial charge in [-0.05, 0) is 10.8 Å². The van der Waals surface area contributed by atoms with Crippen LogP contribution in [0.5, 0.6) is 0 Å². The van der Waals surface area contributed by atoms with Crippen LogP contribution in [0, 0.1) is 0 Å². The summed E-state index contributed by atoms with van der Waals surface area (Å²) in [4.78, 5) is 10.5. The molecule has 17 rings (SSSR count). The van der Waals surface area contributed by atoms with Crippen molar-refractivity contribution >= 4 is 162 Å². The molecule has 0 aromatic heterocycles. The maximum absolute atomic E-state index is 2.74. The minimum absolute atomic E-state index is 0.0109. The summed E-state index contributed by atoms with van der Waals surface area (Å²) >= 11 is -0.0961. The maximum atomic E-state index is 2.74. The van der Waals surface area contributed by atoms with Crippen LogP contribution in [0.15, 0.2) is 279 Å². The second-order valence-corrected chi connectivity index (χ2v) is 41.6. The van der Waals surface area contributed by atoms with Crippen LogP contribution in [-0.2, 0) is 32.5 Å². The Hall–Kier alpha value is -9.77. The normalized spacial score (nSPS) is 13.8. The Morgan fingerprint density at radius 1 is 0.245 bits per heavy atom. The van der Waals surface area contributed by atoms with Crippen LogP contribution in [-0.4, -0.2) is 43.3 Å². The molecule has 0 saturated carbocycles. The summed E-state index contributed by atoms with van der Waals surface area (Å²) in [6.07, 6.45) is 0. The van der Waals surface area contributed by atoms with Gasteiger partial charge in [-0.15, -0.1) is 0 Å². The Labute approximate surface area is 668 Å². The van der Waals surface area contributed by atoms with E-state index in [2.05, 4.69) is 423 Å². The summed E-state index contributed by atoms with van der Waals surface area (Å²) in [6.45, 7) is 41.9. The summed E-state index contributed by atoms with van der Waals surface area (Å²) in [7, 11) is 0. The third-order valence-electron chi connectivity index (χ3n) is 23.3. The Kier molecular flexibility index (Phi) is 17.9. The van der Waals surface area contributed by atoms with Crippen LogP contribution in [0.1, 0.15) is 158 Å². The molecular weight excluding hydrogens is 1460 g/mol. The average molecular weight is 1560 g/mol. The van der Waals surface area contributed by atoms with E-state index in [9.17, 15) is 0 Å². The van der Waals surface area contributed by atoms with E-state index in [1.807, 2.05) is 0 Å². The Morgan fingerprint density at radius 3 is 1.05 bits per heavy atom. The van der Waals surface area contributed by atoms with Crippen LogP contribution in [0.2, 0.25) is 0 Å². The topological polar surface area (TPSA) is 13.0 Å². The second kappa shape index (κ2) is 27.0. The molecule has 0 spiro atoms. The van der Waals surface area contributed by atoms with Crippen molar-refractivity contribution in [2.75, 3.05) is 19.6 Å². The average Bonchev–Trinajstić information content (AvgIpc) is 0.687. The Morgan fingerprint density at radius 2 is 0.609 bits per heavy atom. The monoisotopic (exact) mass is 1560 g/mol. The van der Waals surface area contributed by atoms with Gasteiger partial charge in [0.2, 0.25) is 0 Å². The van der Waals surface area contributed by atoms with Crippen LogP contribution in [0.25, 0.3) is 22.3 Å². The first kappa shape index (κ1) is 73.1. The molecule has 0 radical (unpaired) electrons. The molecule has 8 heteroatoms. The summed E-state index contributed by atoms with van der Waals surface area (Å²) in [5, 5.41) is 0. The van der Waals surface area contributed by atoms with Crippen LogP contribution in [0.4, 0.5) is 68.2 Å². The molecule has 4 heterocycles. The summed E-state index contributed by atoms with van der Waals surface area (Å²) in [6, 6.07) is 109. The van der Waals surface area contributed by atoms with Gasteiger partial charge in [-0.3, -0.25) is 0 Å². The predicted molar refractivity (Wildman–Crippen MR) is 480 cm³/mol. The second-order valence-electron chi connectivity index (χ2n) is 37.1. The summed E-state index contributed by atoms with van der Waals surface area (Å²) < 4.78 is 5.81. The molecule has 4 nitrogen and oxygen atoms in total. The Balaban J connectivity index is 0.954. The number of para-hydroxylation sites is 1. The third kappa shape index (κ3) is 13.1. The van der Waals surface area contributed by atoms with Gasteiger partial charge in [-0.25, -0.2) is 0 Å². The third-order valence-corrected chi connectivity index (χ3v) is 28.1. The number of hydrogen-bond donors (Lipinski definition) is 0. The van der Waals surface area contributed by atoms with Crippen molar-refractivity contribution in [3.63, 3.8) is 0 Å². The van der Waals surface area contributed by atoms with E-state index in [4.69, 9.17) is 0 Å². The molecule has 0 unspecified atom stereocenters. The van der Waals surface area contributed by atoms with Crippen molar-refractivity contribution in [3.8, 4) is 22.3 Å². The van der Waals surface area contributed by atoms with Crippen LogP contribution >= 0.6 is 0 Å². The number of nitrogens with zero attached hydrogens (tertiary/aromatic N) is 4. The fourth-order valence-electron chi connectivity index (χ4n) is 17.1. The predicted octanol–water partition coefficient (Wildman–Crippen LogP) is 20.3. The van der Waals surface area contributed by atoms with Gasteiger partial charge in [0.1, 0.15) is 0 Å². The zero-order chi connectivity index (χ0) is 76.9. The summed E-state index contributed by atoms with van der Waals surface area (Å²) in [5.74, 6) is 0. The molecule has 13 aromatic carbocycles. The molecule has 13 aromatic rings. The van der Waals surface area contributed by atoms with Gasteiger partial charge >= 0.3 is 582 Å². The Bertz CT molecular complexity index is 5730. The fourth-order valence-corrected chi connectivity index (χ4v) is 22.5. The first-order valence-corrected chi connectivity index (χ1v) is 42.9. The van der Waals surface area contributed by atoms with Gasteiger partial charge in [-0.2, -0.15) is 0 Å². The molecule has 546 valence electrons. The van der Waals surface area contributed by atoms with E-state index in [0.717, 1.165) is 34.1 Å². The van der Waals surface area contributed by atoms with Crippen molar-refractivity contribution in [3.05, 3.63) is 312 Å². The number of benzene rings is 13. The van der Waals surface area contributed by atoms with Gasteiger partial charge in [-0.1, -0.05) is 80.5 Å². The number of fused-ring (bicyclic) bond motifs is 8. The van der Waals surface area contributed by atoms with Crippen molar-refractivity contribution in [2.45, 2.75) is 157 Å². The molecule has 4 aliphatic heterocycles. The van der Waals surface area contributed by atoms with Crippen LogP contribution in [0.3, 0.4) is 0 Å². The molecule has 0 bridgehead atoms. The molecule has 0 saturated heterocycles. The molecular formula is C102H100B2N4Se2. The molecule has 4 aliphatic rings. The zero-order valence-corrected chi connectivity index (χ0v) is 70.7. The van der Waals surface area contributed by atoms with Gasteiger partial charge in [0.25, 0.3) is 0 Å². The van der Waals surface area contributed by atoms with Gasteiger partial charge < -0.3 is 0 Å². The van der Waals surface area contributed by atoms with Crippen LogP contribution < -0.4 is 70.2 Å². The molecule has 0 amide bonds. The van der Waals surface area contributed by atoms with E-state index in [0.29, 0.717) is 0 Å². The van der Waals surface area contributed by atoms with Crippen molar-refractivity contribution in [2.24, 2.45) is 0 Å². The van der Waals surface area contributed by atoms with E-state index >= 15 is 0 Å². The SMILES string of the molecule is CC(C)(C)c1ccc(N(c2cc3c4c(c2)[Se]c2cc5c(cc2B4c2ccccc2[Se]3)B2c3ccccc3N(c3ccc(C(C)(C)C)cc3)c3cc(N(c4ccc(C(C)(C)C)cc4)c4cc(C(C)(C)C)ccc4-c4ccccc4)cc(c32)N5c2ccc(C(C)(C)C)cc2)c2cc(C(C)(C)C)ccc2-c2ccccc2)cc1. The number of anilines is 12. The quantitative estimate of drug-likeness (QED) is 0.127. The first-order valence-electron chi connectivity index (χ1n) is 39.4. The number of rotatable bonds is 10. The van der Waals surface area contributed by atoms with E-state index in [1.165, 1.54) is 140 Å². The molecule has 110 heavy (non-hydrogen) atoms. The van der Waals surface area contributed by atoms with Crippen molar-refractivity contribution in [1.82, 2.24) is 0 Å². The van der Waals surface area contributed by atoms with E-state index in [-0.39, 0.29) is 75.8 Å². The van der Waals surface area contributed by atoms with E-state index < -0.39 is 0 Å². The first-order chi connectivity index (χ1) is 52.3. The van der Waals surface area contributed by atoms with Crippen molar-refractivity contribution in [1.29, 1.82) is 0 Å². The summed E-state index contributed by atoms with van der Waals surface area (Å²) in [5.41, 5.74) is 34.4. The van der Waals surface area contributed by atoms with Gasteiger partial charge in [0, 0.05) is 0 Å². The van der Waals surface area contributed by atoms with Gasteiger partial charge in [0.05, 0.1) is 0 Å². The van der Waals surface area contributed by atoms with E-state index in [1.54, 1.807) is 0 Å². The minimum atomic E-state index is -0.146. The molecule has 0 fully saturated rings. The number of hydrogen-bond acceptors (Lipinski definition) is 4. The van der Waals surface area contributed by atoms with Crippen molar-refractivity contribution < 1.29 is 0 Å². The molecule has 0 N–H and O–H groups in total. The van der Waals surface area contributed by atoms with Gasteiger partial charge in [0.15, 0.2) is 0 Å². The molecule has 0 aliphatic carbocycles. The fraction of sp³-hybridized carbons (Fsp3) is 0.235. The standard InChI is InChI=1S/C102H100B2N4Se2/c1-97(2,3)67-37-47-73(48-38-67)105(86-57-71(101(13,14)15)45-55-79(86)65-29-21-19-22-30-65)77-59-89-95-90(60-77)108(76-53-43-70(44-54-76)100(10,11)12)88-64-92-84(63-83(88)103(95)81-33-25-27-35-85(81)107(89)75-51-41-69(42-52-75)99(7,8)9)104-82-34-26-28-36-91(82)109-93-61-78(62-94(110-92)96(93)104)106(74-49-39-68(40-50-74)98(4,5)6)87-58-72(102(16,17)18)46-56-80(87)66-31-23-20-24-32-66/h19-64H,1-18H3.